The van der Waals surface area contributed by atoms with Crippen molar-refractivity contribution in [2.24, 2.45) is 5.73 Å². The largest absolute Gasteiger partial charge is 0.383 e. The first kappa shape index (κ1) is 18.6. The van der Waals surface area contributed by atoms with Gasteiger partial charge in [0.1, 0.15) is 5.84 Å². The zero-order valence-electron chi connectivity index (χ0n) is 14.2. The van der Waals surface area contributed by atoms with E-state index in [0.29, 0.717) is 9.09 Å². The summed E-state index contributed by atoms with van der Waals surface area (Å²) in [5, 5.41) is 7.58. The topological polar surface area (TPSA) is 96.9 Å². The standard InChI is InChI=1S/C18H17N3O2S3/c1-11-5-4-8-21-16(11)12-6-3-7-13(9-12)26(22,23)15-10-14(17(19)20)25-18(15)24-2/h3-10H,1-2H3,(H3,19,20). The SMILES string of the molecule is CSc1sc(C(=N)N)cc1S(=O)(=O)c1cccc(-c2ncccc2C)c1. The molecule has 3 N–H and O–H groups in total. The minimum absolute atomic E-state index is 0.135. The fourth-order valence-electron chi connectivity index (χ4n) is 2.55. The van der Waals surface area contributed by atoms with Gasteiger partial charge < -0.3 is 5.73 Å². The summed E-state index contributed by atoms with van der Waals surface area (Å²) in [7, 11) is -3.73. The van der Waals surface area contributed by atoms with Gasteiger partial charge in [-0.3, -0.25) is 10.4 Å². The monoisotopic (exact) mass is 403 g/mol. The molecule has 0 radical (unpaired) electrons. The Morgan fingerprint density at radius 1 is 1.23 bits per heavy atom. The molecular formula is C18H17N3O2S3. The van der Waals surface area contributed by atoms with Crippen LogP contribution in [0.3, 0.4) is 0 Å². The highest BCUT2D eigenvalue weighted by atomic mass is 32.2. The molecule has 5 nitrogen and oxygen atoms in total. The van der Waals surface area contributed by atoms with E-state index in [1.807, 2.05) is 31.4 Å². The van der Waals surface area contributed by atoms with Crippen molar-refractivity contribution in [1.29, 1.82) is 5.41 Å². The highest BCUT2D eigenvalue weighted by Gasteiger charge is 2.25. The van der Waals surface area contributed by atoms with Crippen LogP contribution in [0.5, 0.6) is 0 Å². The molecule has 0 aliphatic rings. The van der Waals surface area contributed by atoms with E-state index in [4.69, 9.17) is 11.1 Å². The third kappa shape index (κ3) is 3.40. The van der Waals surface area contributed by atoms with Crippen LogP contribution in [0.4, 0.5) is 0 Å². The van der Waals surface area contributed by atoms with Crippen LogP contribution in [-0.4, -0.2) is 25.5 Å². The van der Waals surface area contributed by atoms with Crippen molar-refractivity contribution in [2.75, 3.05) is 6.26 Å². The lowest BCUT2D eigenvalue weighted by Gasteiger charge is -2.08. The average molecular weight is 404 g/mol. The van der Waals surface area contributed by atoms with Gasteiger partial charge in [0.2, 0.25) is 9.84 Å². The summed E-state index contributed by atoms with van der Waals surface area (Å²) in [4.78, 5) is 5.20. The van der Waals surface area contributed by atoms with E-state index in [0.717, 1.165) is 16.8 Å². The summed E-state index contributed by atoms with van der Waals surface area (Å²) in [5.41, 5.74) is 8.01. The third-order valence-electron chi connectivity index (χ3n) is 3.83. The predicted octanol–water partition coefficient (Wildman–Crippen LogP) is 3.96. The quantitative estimate of drug-likeness (QED) is 0.382. The van der Waals surface area contributed by atoms with Gasteiger partial charge in [-0.1, -0.05) is 18.2 Å². The molecule has 8 heteroatoms. The van der Waals surface area contributed by atoms with Gasteiger partial charge in [0.15, 0.2) is 0 Å². The third-order valence-corrected chi connectivity index (χ3v) is 8.17. The molecule has 0 saturated heterocycles. The Morgan fingerprint density at radius 2 is 2.00 bits per heavy atom. The summed E-state index contributed by atoms with van der Waals surface area (Å²) >= 11 is 2.55. The summed E-state index contributed by atoms with van der Waals surface area (Å²) in [6, 6.07) is 12.0. The number of benzene rings is 1. The molecule has 0 aliphatic heterocycles. The van der Waals surface area contributed by atoms with E-state index in [9.17, 15) is 8.42 Å². The molecule has 134 valence electrons. The molecule has 0 bridgehead atoms. The highest BCUT2D eigenvalue weighted by molar-refractivity contribution is 8.01. The minimum Gasteiger partial charge on any atom is -0.383 e. The molecular weight excluding hydrogens is 386 g/mol. The number of thioether (sulfide) groups is 1. The number of aromatic nitrogens is 1. The fraction of sp³-hybridized carbons (Fsp3) is 0.111. The van der Waals surface area contributed by atoms with Gasteiger partial charge in [0.25, 0.3) is 0 Å². The van der Waals surface area contributed by atoms with Crippen molar-refractivity contribution in [1.82, 2.24) is 4.98 Å². The average Bonchev–Trinajstić information content (AvgIpc) is 3.08. The lowest BCUT2D eigenvalue weighted by molar-refractivity contribution is 0.595. The molecule has 0 amide bonds. The maximum atomic E-state index is 13.2. The number of thiophene rings is 1. The predicted molar refractivity (Wildman–Crippen MR) is 107 cm³/mol. The summed E-state index contributed by atoms with van der Waals surface area (Å²) in [5.74, 6) is -0.135. The van der Waals surface area contributed by atoms with Crippen LogP contribution >= 0.6 is 23.1 Å². The second kappa shape index (κ2) is 7.22. The number of rotatable bonds is 5. The molecule has 0 atom stereocenters. The van der Waals surface area contributed by atoms with Gasteiger partial charge in [-0.05, 0) is 43.0 Å². The highest BCUT2D eigenvalue weighted by Crippen LogP contribution is 2.37. The van der Waals surface area contributed by atoms with Crippen molar-refractivity contribution in [3.63, 3.8) is 0 Å². The Balaban J connectivity index is 2.13. The summed E-state index contributed by atoms with van der Waals surface area (Å²) in [6.07, 6.45) is 3.50. The van der Waals surface area contributed by atoms with Crippen LogP contribution in [-0.2, 0) is 9.84 Å². The molecule has 1 aromatic carbocycles. The summed E-state index contributed by atoms with van der Waals surface area (Å²) < 4.78 is 27.0. The van der Waals surface area contributed by atoms with Gasteiger partial charge in [-0.15, -0.1) is 23.1 Å². The number of hydrogen-bond donors (Lipinski definition) is 2. The normalized spacial score (nSPS) is 11.5. The van der Waals surface area contributed by atoms with Crippen LogP contribution in [0.2, 0.25) is 0 Å². The number of pyridine rings is 1. The number of sulfone groups is 1. The molecule has 0 spiro atoms. The maximum Gasteiger partial charge on any atom is 0.208 e. The Kier molecular flexibility index (Phi) is 5.17. The molecule has 2 aromatic heterocycles. The first-order valence-corrected chi connectivity index (χ1v) is 11.2. The zero-order valence-corrected chi connectivity index (χ0v) is 16.6. The van der Waals surface area contributed by atoms with Crippen LogP contribution in [0.1, 0.15) is 10.4 Å². The van der Waals surface area contributed by atoms with Crippen molar-refractivity contribution < 1.29 is 8.42 Å². The molecule has 26 heavy (non-hydrogen) atoms. The van der Waals surface area contributed by atoms with Gasteiger partial charge in [0.05, 0.1) is 24.6 Å². The van der Waals surface area contributed by atoms with Crippen molar-refractivity contribution >= 4 is 38.8 Å². The Morgan fingerprint density at radius 3 is 2.65 bits per heavy atom. The van der Waals surface area contributed by atoms with Crippen LogP contribution in [0.15, 0.2) is 62.7 Å². The number of hydrogen-bond acceptors (Lipinski definition) is 6. The van der Waals surface area contributed by atoms with E-state index in [2.05, 4.69) is 4.98 Å². The lowest BCUT2D eigenvalue weighted by Crippen LogP contribution is -2.08. The van der Waals surface area contributed by atoms with E-state index < -0.39 is 9.84 Å². The molecule has 2 heterocycles. The van der Waals surface area contributed by atoms with Gasteiger partial charge in [-0.2, -0.15) is 0 Å². The van der Waals surface area contributed by atoms with Gasteiger partial charge >= 0.3 is 0 Å². The lowest BCUT2D eigenvalue weighted by atomic mass is 10.1. The Hall–Kier alpha value is -2.16. The van der Waals surface area contributed by atoms with Crippen LogP contribution < -0.4 is 5.73 Å². The van der Waals surface area contributed by atoms with Gasteiger partial charge in [-0.25, -0.2) is 8.42 Å². The first-order chi connectivity index (χ1) is 12.3. The number of amidine groups is 1. The molecule has 0 saturated carbocycles. The molecule has 3 rings (SSSR count). The first-order valence-electron chi connectivity index (χ1n) is 7.64. The Bertz CT molecular complexity index is 1090. The summed E-state index contributed by atoms with van der Waals surface area (Å²) in [6.45, 7) is 1.94. The molecule has 0 aliphatic carbocycles. The molecule has 0 unspecified atom stereocenters. The second-order valence-electron chi connectivity index (χ2n) is 5.58. The Labute approximate surface area is 160 Å². The zero-order chi connectivity index (χ0) is 18.9. The fourth-order valence-corrected chi connectivity index (χ4v) is 6.45. The smallest absolute Gasteiger partial charge is 0.208 e. The number of nitrogens with one attached hydrogen (secondary N) is 1. The second-order valence-corrected chi connectivity index (χ2v) is 9.63. The molecule has 3 aromatic rings. The van der Waals surface area contributed by atoms with Crippen LogP contribution in [0.25, 0.3) is 11.3 Å². The number of aryl methyl sites for hydroxylation is 1. The van der Waals surface area contributed by atoms with E-state index in [1.165, 1.54) is 29.2 Å². The van der Waals surface area contributed by atoms with Crippen LogP contribution in [0, 0.1) is 12.3 Å². The van der Waals surface area contributed by atoms with E-state index in [-0.39, 0.29) is 15.6 Å². The number of nitrogens with two attached hydrogens (primary N) is 1. The minimum atomic E-state index is -3.73. The van der Waals surface area contributed by atoms with E-state index >= 15 is 0 Å². The van der Waals surface area contributed by atoms with Crippen molar-refractivity contribution in [2.45, 2.75) is 20.9 Å². The number of nitrogen functional groups attached to an aromatic ring is 1. The number of nitrogens with zero attached hydrogens (tertiary/aromatic N) is 1. The van der Waals surface area contributed by atoms with Crippen molar-refractivity contribution in [3.05, 3.63) is 59.1 Å². The van der Waals surface area contributed by atoms with Gasteiger partial charge in [0, 0.05) is 11.8 Å². The van der Waals surface area contributed by atoms with Crippen molar-refractivity contribution in [3.8, 4) is 11.3 Å². The van der Waals surface area contributed by atoms with E-state index in [1.54, 1.807) is 24.4 Å². The maximum absolute atomic E-state index is 13.2. The molecule has 0 fully saturated rings.